The average Bonchev–Trinajstić information content (AvgIpc) is 3.33. The van der Waals surface area contributed by atoms with Crippen LogP contribution in [0.2, 0.25) is 0 Å². The van der Waals surface area contributed by atoms with Gasteiger partial charge >= 0.3 is 0 Å². The van der Waals surface area contributed by atoms with Gasteiger partial charge in [-0.2, -0.15) is 0 Å². The smallest absolute Gasteiger partial charge is 0.273 e. The summed E-state index contributed by atoms with van der Waals surface area (Å²) >= 11 is 1.54. The molecule has 2 aromatic carbocycles. The number of hydrogen-bond donors (Lipinski definition) is 2. The lowest BCUT2D eigenvalue weighted by Gasteiger charge is -2.11. The molecule has 8 heteroatoms. The van der Waals surface area contributed by atoms with Gasteiger partial charge in [0, 0.05) is 29.5 Å². The Morgan fingerprint density at radius 1 is 1.03 bits per heavy atom. The molecule has 0 saturated heterocycles. The highest BCUT2D eigenvalue weighted by atomic mass is 32.1. The van der Waals surface area contributed by atoms with Crippen molar-refractivity contribution in [3.63, 3.8) is 0 Å². The molecule has 7 nitrogen and oxygen atoms in total. The van der Waals surface area contributed by atoms with E-state index in [4.69, 9.17) is 4.74 Å². The molecule has 2 amide bonds. The zero-order valence-corrected chi connectivity index (χ0v) is 17.3. The minimum absolute atomic E-state index is 0.261. The molecule has 0 aliphatic heterocycles. The second-order valence-electron chi connectivity index (χ2n) is 6.72. The second-order valence-corrected chi connectivity index (χ2v) is 7.78. The number of nitrogens with zero attached hydrogens (tertiary/aromatic N) is 2. The Morgan fingerprint density at radius 2 is 1.73 bits per heavy atom. The Hall–Kier alpha value is -3.65. The van der Waals surface area contributed by atoms with Gasteiger partial charge in [0.15, 0.2) is 0 Å². The number of aromatic nitrogens is 2. The van der Waals surface area contributed by atoms with E-state index >= 15 is 0 Å². The van der Waals surface area contributed by atoms with Crippen LogP contribution in [0.5, 0.6) is 5.75 Å². The summed E-state index contributed by atoms with van der Waals surface area (Å²) in [6.45, 7) is 2.19. The van der Waals surface area contributed by atoms with Gasteiger partial charge in [0.1, 0.15) is 12.4 Å². The Bertz CT molecular complexity index is 1230. The predicted octanol–water partition coefficient (Wildman–Crippen LogP) is 3.60. The predicted molar refractivity (Wildman–Crippen MR) is 115 cm³/mol. The fourth-order valence-electron chi connectivity index (χ4n) is 3.18. The molecule has 0 radical (unpaired) electrons. The summed E-state index contributed by atoms with van der Waals surface area (Å²) in [5.41, 5.74) is 7.50. The number of para-hydroxylation sites is 2. The Morgan fingerprint density at radius 3 is 2.50 bits per heavy atom. The molecule has 0 saturated carbocycles. The monoisotopic (exact) mass is 420 g/mol. The van der Waals surface area contributed by atoms with Crippen molar-refractivity contribution in [2.75, 3.05) is 0 Å². The minimum atomic E-state index is -0.464. The number of carbonyl (C=O) groups is 2. The third kappa shape index (κ3) is 4.04. The van der Waals surface area contributed by atoms with E-state index in [1.54, 1.807) is 41.8 Å². The maximum absolute atomic E-state index is 12.7. The first-order valence-electron chi connectivity index (χ1n) is 9.30. The van der Waals surface area contributed by atoms with Crippen molar-refractivity contribution in [2.45, 2.75) is 13.5 Å². The molecule has 152 valence electrons. The summed E-state index contributed by atoms with van der Waals surface area (Å²) in [6, 6.07) is 14.5. The number of rotatable bonds is 5. The van der Waals surface area contributed by atoms with Gasteiger partial charge in [-0.05, 0) is 25.1 Å². The lowest BCUT2D eigenvalue weighted by Crippen LogP contribution is -2.41. The van der Waals surface area contributed by atoms with E-state index in [1.807, 2.05) is 48.2 Å². The number of thiazole rings is 1. The number of hydrazine groups is 1. The summed E-state index contributed by atoms with van der Waals surface area (Å²) in [6.07, 6.45) is 1.74. The maximum atomic E-state index is 12.7. The lowest BCUT2D eigenvalue weighted by atomic mass is 10.1. The van der Waals surface area contributed by atoms with Crippen LogP contribution in [-0.2, 0) is 13.7 Å². The van der Waals surface area contributed by atoms with Gasteiger partial charge in [0.2, 0.25) is 0 Å². The molecular formula is C22H20N4O3S. The molecule has 0 unspecified atom stereocenters. The molecule has 0 fully saturated rings. The van der Waals surface area contributed by atoms with Gasteiger partial charge in [-0.25, -0.2) is 4.98 Å². The highest BCUT2D eigenvalue weighted by Gasteiger charge is 2.17. The topological polar surface area (TPSA) is 85.2 Å². The van der Waals surface area contributed by atoms with E-state index < -0.39 is 11.8 Å². The summed E-state index contributed by atoms with van der Waals surface area (Å²) in [5, 5.41) is 3.69. The van der Waals surface area contributed by atoms with E-state index in [-0.39, 0.29) is 6.61 Å². The molecule has 2 aromatic heterocycles. The summed E-state index contributed by atoms with van der Waals surface area (Å²) in [5.74, 6) is -0.440. The van der Waals surface area contributed by atoms with Crippen LogP contribution in [0.1, 0.15) is 31.4 Å². The third-order valence-electron chi connectivity index (χ3n) is 4.60. The first-order valence-corrected chi connectivity index (χ1v) is 10.2. The van der Waals surface area contributed by atoms with Crippen molar-refractivity contribution < 1.29 is 14.3 Å². The second kappa shape index (κ2) is 8.38. The molecule has 0 aliphatic carbocycles. The average molecular weight is 420 g/mol. The van der Waals surface area contributed by atoms with E-state index in [0.717, 1.165) is 21.6 Å². The summed E-state index contributed by atoms with van der Waals surface area (Å²) in [4.78, 5) is 29.6. The lowest BCUT2D eigenvalue weighted by molar-refractivity contribution is 0.0845. The third-order valence-corrected chi connectivity index (χ3v) is 5.43. The number of ether oxygens (including phenoxy) is 1. The van der Waals surface area contributed by atoms with Crippen LogP contribution in [0.15, 0.2) is 60.1 Å². The van der Waals surface area contributed by atoms with Gasteiger partial charge in [-0.3, -0.25) is 20.4 Å². The first-order chi connectivity index (χ1) is 14.5. The number of amides is 2. The zero-order chi connectivity index (χ0) is 21.1. The largest absolute Gasteiger partial charge is 0.486 e. The van der Waals surface area contributed by atoms with E-state index in [9.17, 15) is 9.59 Å². The molecule has 0 aliphatic rings. The molecule has 4 rings (SSSR count). The molecule has 0 bridgehead atoms. The molecule has 30 heavy (non-hydrogen) atoms. The van der Waals surface area contributed by atoms with Crippen molar-refractivity contribution in [1.82, 2.24) is 20.4 Å². The van der Waals surface area contributed by atoms with Crippen LogP contribution >= 0.6 is 11.3 Å². The number of fused-ring (bicyclic) bond motifs is 1. The quantitative estimate of drug-likeness (QED) is 0.483. The van der Waals surface area contributed by atoms with Gasteiger partial charge in [-0.1, -0.05) is 30.3 Å². The van der Waals surface area contributed by atoms with Crippen LogP contribution in [0, 0.1) is 6.92 Å². The number of carbonyl (C=O) groups excluding carboxylic acids is 2. The van der Waals surface area contributed by atoms with E-state index in [2.05, 4.69) is 15.8 Å². The summed E-state index contributed by atoms with van der Waals surface area (Å²) < 4.78 is 7.65. The summed E-state index contributed by atoms with van der Waals surface area (Å²) in [7, 11) is 1.87. The highest BCUT2D eigenvalue weighted by molar-refractivity contribution is 7.09. The van der Waals surface area contributed by atoms with E-state index in [1.165, 1.54) is 0 Å². The van der Waals surface area contributed by atoms with Gasteiger partial charge < -0.3 is 9.30 Å². The standard InChI is InChI=1S/C22H20N4O3S/c1-14-23-15(13-30-14)12-29-20-10-6-4-8-17(20)21(27)24-25-22(28)18-11-26(2)19-9-5-3-7-16(18)19/h3-11,13H,12H2,1-2H3,(H,24,27)(H,25,28). The van der Waals surface area contributed by atoms with Crippen LogP contribution in [0.3, 0.4) is 0 Å². The first kappa shape index (κ1) is 19.7. The molecular weight excluding hydrogens is 400 g/mol. The van der Waals surface area contributed by atoms with Crippen molar-refractivity contribution in [3.8, 4) is 5.75 Å². The van der Waals surface area contributed by atoms with Crippen molar-refractivity contribution in [3.05, 3.63) is 81.9 Å². The normalized spacial score (nSPS) is 10.7. The molecule has 0 spiro atoms. The Balaban J connectivity index is 1.44. The van der Waals surface area contributed by atoms with Crippen LogP contribution in [0.25, 0.3) is 10.9 Å². The van der Waals surface area contributed by atoms with Crippen LogP contribution in [0.4, 0.5) is 0 Å². The fraction of sp³-hybridized carbons (Fsp3) is 0.136. The van der Waals surface area contributed by atoms with Crippen LogP contribution < -0.4 is 15.6 Å². The number of hydrogen-bond acceptors (Lipinski definition) is 5. The van der Waals surface area contributed by atoms with E-state index in [0.29, 0.717) is 16.9 Å². The zero-order valence-electron chi connectivity index (χ0n) is 16.5. The van der Waals surface area contributed by atoms with Crippen molar-refractivity contribution in [1.29, 1.82) is 0 Å². The SMILES string of the molecule is Cc1nc(COc2ccccc2C(=O)NNC(=O)c2cn(C)c3ccccc23)cs1. The van der Waals surface area contributed by atoms with Gasteiger partial charge in [-0.15, -0.1) is 11.3 Å². The van der Waals surface area contributed by atoms with Crippen LogP contribution in [-0.4, -0.2) is 21.4 Å². The minimum Gasteiger partial charge on any atom is -0.486 e. The number of aryl methyl sites for hydroxylation is 2. The van der Waals surface area contributed by atoms with Gasteiger partial charge in [0.05, 0.1) is 21.8 Å². The van der Waals surface area contributed by atoms with Crippen molar-refractivity contribution in [2.24, 2.45) is 7.05 Å². The fourth-order valence-corrected chi connectivity index (χ4v) is 3.77. The number of benzene rings is 2. The molecule has 4 aromatic rings. The molecule has 2 heterocycles. The van der Waals surface area contributed by atoms with Crippen molar-refractivity contribution >= 4 is 34.1 Å². The molecule has 2 N–H and O–H groups in total. The maximum Gasteiger partial charge on any atom is 0.273 e. The highest BCUT2D eigenvalue weighted by Crippen LogP contribution is 2.21. The van der Waals surface area contributed by atoms with Gasteiger partial charge in [0.25, 0.3) is 11.8 Å². The number of nitrogens with one attached hydrogen (secondary N) is 2. The molecule has 0 atom stereocenters. The Kier molecular flexibility index (Phi) is 5.49. The Labute approximate surface area is 177 Å².